The van der Waals surface area contributed by atoms with Gasteiger partial charge in [-0.1, -0.05) is 0 Å². The van der Waals surface area contributed by atoms with Gasteiger partial charge < -0.3 is 5.32 Å². The van der Waals surface area contributed by atoms with E-state index in [1.54, 1.807) is 0 Å². The Bertz CT molecular complexity index is 408. The summed E-state index contributed by atoms with van der Waals surface area (Å²) in [5, 5.41) is 3.21. The molecule has 6 heteroatoms. The second-order valence-corrected chi connectivity index (χ2v) is 7.52. The average molecular weight is 246 g/mol. The van der Waals surface area contributed by atoms with Gasteiger partial charge >= 0.3 is 0 Å². The third-order valence-corrected chi connectivity index (χ3v) is 6.03. The van der Waals surface area contributed by atoms with Crippen molar-refractivity contribution in [1.29, 1.82) is 0 Å². The first-order valence-corrected chi connectivity index (χ1v) is 7.04. The van der Waals surface area contributed by atoms with Gasteiger partial charge in [-0.15, -0.1) is 0 Å². The van der Waals surface area contributed by atoms with Gasteiger partial charge in [-0.25, -0.2) is 12.7 Å². The zero-order valence-electron chi connectivity index (χ0n) is 9.86. The summed E-state index contributed by atoms with van der Waals surface area (Å²) in [6, 6.07) is 0.213. The highest BCUT2D eigenvalue weighted by molar-refractivity contribution is 7.94. The first kappa shape index (κ1) is 11.9. The Labute approximate surface area is 96.2 Å². The number of nitrogens with zero attached hydrogens (tertiary/aromatic N) is 1. The highest BCUT2D eigenvalue weighted by Crippen LogP contribution is 2.38. The Balaban J connectivity index is 2.16. The van der Waals surface area contributed by atoms with E-state index in [1.807, 2.05) is 0 Å². The van der Waals surface area contributed by atoms with Gasteiger partial charge in [0.25, 0.3) is 15.9 Å². The van der Waals surface area contributed by atoms with Gasteiger partial charge in [-0.05, 0) is 33.6 Å². The minimum Gasteiger partial charge on any atom is -0.312 e. The van der Waals surface area contributed by atoms with E-state index in [1.165, 1.54) is 13.8 Å². The lowest BCUT2D eigenvalue weighted by Gasteiger charge is -2.48. The quantitative estimate of drug-likeness (QED) is 0.711. The number of nitrogens with one attached hydrogen (secondary N) is 1. The van der Waals surface area contributed by atoms with Crippen molar-refractivity contribution >= 4 is 15.9 Å². The Morgan fingerprint density at radius 2 is 2.00 bits per heavy atom. The minimum atomic E-state index is -3.42. The van der Waals surface area contributed by atoms with Crippen LogP contribution in [0.4, 0.5) is 0 Å². The van der Waals surface area contributed by atoms with Crippen LogP contribution in [0, 0.1) is 0 Å². The predicted octanol–water partition coefficient (Wildman–Crippen LogP) is 0.0775. The number of amides is 1. The van der Waals surface area contributed by atoms with E-state index < -0.39 is 14.8 Å². The van der Waals surface area contributed by atoms with Gasteiger partial charge in [-0.2, -0.15) is 0 Å². The summed E-state index contributed by atoms with van der Waals surface area (Å²) in [5.74, 6) is -0.270. The number of rotatable bonds is 1. The topological polar surface area (TPSA) is 66.5 Å². The molecule has 0 aromatic rings. The molecule has 2 aliphatic rings. The second-order valence-electron chi connectivity index (χ2n) is 5.16. The maximum Gasteiger partial charge on any atom is 0.259 e. The largest absolute Gasteiger partial charge is 0.312 e. The number of piperidine rings is 1. The lowest BCUT2D eigenvalue weighted by molar-refractivity contribution is -0.134. The Hall–Kier alpha value is -0.620. The van der Waals surface area contributed by atoms with Crippen LogP contribution in [-0.4, -0.2) is 42.0 Å². The summed E-state index contributed by atoms with van der Waals surface area (Å²) >= 11 is 0. The zero-order valence-corrected chi connectivity index (χ0v) is 10.7. The van der Waals surface area contributed by atoms with Crippen molar-refractivity contribution in [2.75, 3.05) is 6.54 Å². The normalized spacial score (nSPS) is 36.9. The number of hydrogen-bond acceptors (Lipinski definition) is 4. The first-order chi connectivity index (χ1) is 7.28. The monoisotopic (exact) mass is 246 g/mol. The summed E-state index contributed by atoms with van der Waals surface area (Å²) in [5.41, 5.74) is 0. The van der Waals surface area contributed by atoms with Crippen molar-refractivity contribution < 1.29 is 13.2 Å². The van der Waals surface area contributed by atoms with Gasteiger partial charge in [0.15, 0.2) is 4.75 Å². The van der Waals surface area contributed by atoms with Crippen LogP contribution in [0.1, 0.15) is 33.6 Å². The van der Waals surface area contributed by atoms with Crippen molar-refractivity contribution in [3.05, 3.63) is 0 Å². The van der Waals surface area contributed by atoms with Gasteiger partial charge in [0, 0.05) is 12.6 Å². The van der Waals surface area contributed by atoms with Crippen LogP contribution in [0.3, 0.4) is 0 Å². The molecule has 2 heterocycles. The molecule has 2 rings (SSSR count). The van der Waals surface area contributed by atoms with E-state index in [-0.39, 0.29) is 11.9 Å². The molecule has 0 bridgehead atoms. The molecule has 1 N–H and O–H groups in total. The Kier molecular flexibility index (Phi) is 2.54. The van der Waals surface area contributed by atoms with E-state index in [9.17, 15) is 13.2 Å². The molecule has 92 valence electrons. The molecule has 0 aromatic carbocycles. The molecular weight excluding hydrogens is 228 g/mol. The van der Waals surface area contributed by atoms with Crippen molar-refractivity contribution in [2.24, 2.45) is 0 Å². The summed E-state index contributed by atoms with van der Waals surface area (Å²) in [6.07, 6.45) is 1.67. The van der Waals surface area contributed by atoms with Crippen LogP contribution >= 0.6 is 0 Å². The number of hydrogen-bond donors (Lipinski definition) is 1. The van der Waals surface area contributed by atoms with Crippen LogP contribution < -0.4 is 5.32 Å². The molecule has 5 nitrogen and oxygen atoms in total. The summed E-state index contributed by atoms with van der Waals surface area (Å²) in [6.45, 7) is 5.58. The molecule has 2 saturated heterocycles. The Morgan fingerprint density at radius 3 is 2.44 bits per heavy atom. The predicted molar refractivity (Wildman–Crippen MR) is 60.3 cm³/mol. The van der Waals surface area contributed by atoms with Crippen LogP contribution in [-0.2, 0) is 14.8 Å². The smallest absolute Gasteiger partial charge is 0.259 e. The van der Waals surface area contributed by atoms with Crippen molar-refractivity contribution in [1.82, 2.24) is 9.62 Å². The molecule has 0 saturated carbocycles. The molecule has 0 aliphatic carbocycles. The molecule has 0 aromatic heterocycles. The Morgan fingerprint density at radius 1 is 1.38 bits per heavy atom. The SMILES string of the molecule is CC1CCC(N2C(=O)C(C)(C)S2(=O)=O)CN1. The molecule has 16 heavy (non-hydrogen) atoms. The molecule has 2 unspecified atom stereocenters. The van der Waals surface area contributed by atoms with Crippen LogP contribution in [0.25, 0.3) is 0 Å². The molecule has 0 spiro atoms. The third kappa shape index (κ3) is 1.39. The highest BCUT2D eigenvalue weighted by atomic mass is 32.2. The fourth-order valence-corrected chi connectivity index (χ4v) is 3.94. The van der Waals surface area contributed by atoms with E-state index in [4.69, 9.17) is 0 Å². The van der Waals surface area contributed by atoms with Gasteiger partial charge in [0.1, 0.15) is 0 Å². The van der Waals surface area contributed by atoms with Gasteiger partial charge in [0.2, 0.25) is 0 Å². The fourth-order valence-electron chi connectivity index (χ4n) is 2.24. The summed E-state index contributed by atoms with van der Waals surface area (Å²) in [7, 11) is -3.42. The summed E-state index contributed by atoms with van der Waals surface area (Å²) in [4.78, 5) is 11.8. The molecule has 2 atom stereocenters. The number of carbonyl (C=O) groups is 1. The van der Waals surface area contributed by atoms with Crippen LogP contribution in [0.15, 0.2) is 0 Å². The van der Waals surface area contributed by atoms with Gasteiger partial charge in [-0.3, -0.25) is 4.79 Å². The lowest BCUT2D eigenvalue weighted by atomic mass is 10.0. The van der Waals surface area contributed by atoms with Crippen molar-refractivity contribution in [3.8, 4) is 0 Å². The lowest BCUT2D eigenvalue weighted by Crippen LogP contribution is -2.71. The molecule has 0 radical (unpaired) electrons. The van der Waals surface area contributed by atoms with E-state index in [2.05, 4.69) is 12.2 Å². The van der Waals surface area contributed by atoms with Crippen LogP contribution in [0.5, 0.6) is 0 Å². The third-order valence-electron chi connectivity index (χ3n) is 3.59. The molecule has 2 aliphatic heterocycles. The highest BCUT2D eigenvalue weighted by Gasteiger charge is 2.62. The summed E-state index contributed by atoms with van der Waals surface area (Å²) < 4.78 is 23.7. The molecular formula is C10H18N2O3S. The second kappa shape index (κ2) is 3.43. The van der Waals surface area contributed by atoms with Crippen molar-refractivity contribution in [3.63, 3.8) is 0 Å². The van der Waals surface area contributed by atoms with Gasteiger partial charge in [0.05, 0.1) is 6.04 Å². The zero-order chi connectivity index (χ0) is 12.1. The number of carbonyl (C=O) groups excluding carboxylic acids is 1. The average Bonchev–Trinajstić information content (AvgIpc) is 2.20. The van der Waals surface area contributed by atoms with E-state index in [0.717, 1.165) is 17.1 Å². The van der Waals surface area contributed by atoms with E-state index >= 15 is 0 Å². The van der Waals surface area contributed by atoms with E-state index in [0.29, 0.717) is 12.6 Å². The maximum atomic E-state index is 11.9. The molecule has 1 amide bonds. The minimum absolute atomic E-state index is 0.193. The maximum absolute atomic E-state index is 11.9. The first-order valence-electron chi connectivity index (χ1n) is 5.60. The standard InChI is InChI=1S/C10H18N2O3S/c1-7-4-5-8(6-11-7)12-9(13)10(2,3)16(12,14)15/h7-8,11H,4-6H2,1-3H3. The fraction of sp³-hybridized carbons (Fsp3) is 0.900. The van der Waals surface area contributed by atoms with Crippen molar-refractivity contribution in [2.45, 2.75) is 50.4 Å². The molecule has 2 fully saturated rings. The number of sulfonamides is 1. The van der Waals surface area contributed by atoms with Crippen LogP contribution in [0.2, 0.25) is 0 Å².